The third-order valence-electron chi connectivity index (χ3n) is 3.93. The Labute approximate surface area is 188 Å². The van der Waals surface area contributed by atoms with E-state index in [0.29, 0.717) is 106 Å². The van der Waals surface area contributed by atoms with Crippen LogP contribution in [0.3, 0.4) is 0 Å². The van der Waals surface area contributed by atoms with Crippen molar-refractivity contribution in [2.24, 2.45) is 0 Å². The SMILES string of the molecule is CCCCCOCCOCCOCCOCCOCCOCCOCCOCCOC. The van der Waals surface area contributed by atoms with Crippen LogP contribution in [-0.2, 0) is 42.6 Å². The Morgan fingerprint density at radius 1 is 0.323 bits per heavy atom. The minimum atomic E-state index is 0.541. The van der Waals surface area contributed by atoms with Crippen LogP contribution in [0.25, 0.3) is 0 Å². The van der Waals surface area contributed by atoms with Gasteiger partial charge in [0.2, 0.25) is 0 Å². The summed E-state index contributed by atoms with van der Waals surface area (Å²) in [6.45, 7) is 12.1. The van der Waals surface area contributed by atoms with Gasteiger partial charge in [-0.1, -0.05) is 19.8 Å². The molecule has 0 aliphatic heterocycles. The molecule has 0 spiro atoms. The monoisotopic (exact) mass is 454 g/mol. The lowest BCUT2D eigenvalue weighted by Gasteiger charge is -2.08. The number of methoxy groups -OCH3 is 1. The van der Waals surface area contributed by atoms with Crippen LogP contribution in [-0.4, -0.2) is 119 Å². The molecule has 0 fully saturated rings. The predicted octanol–water partition coefficient (Wildman–Crippen LogP) is 1.96. The first-order valence-electron chi connectivity index (χ1n) is 11.5. The van der Waals surface area contributed by atoms with Crippen molar-refractivity contribution in [1.82, 2.24) is 0 Å². The molecule has 0 saturated carbocycles. The van der Waals surface area contributed by atoms with Gasteiger partial charge in [-0.05, 0) is 6.42 Å². The second-order valence-electron chi connectivity index (χ2n) is 6.60. The highest BCUT2D eigenvalue weighted by Crippen LogP contribution is 1.93. The zero-order chi connectivity index (χ0) is 22.5. The van der Waals surface area contributed by atoms with E-state index >= 15 is 0 Å². The zero-order valence-electron chi connectivity index (χ0n) is 19.8. The second-order valence-corrected chi connectivity index (χ2v) is 6.60. The van der Waals surface area contributed by atoms with Crippen molar-refractivity contribution in [2.45, 2.75) is 26.2 Å². The summed E-state index contributed by atoms with van der Waals surface area (Å²) >= 11 is 0. The van der Waals surface area contributed by atoms with Gasteiger partial charge in [0.05, 0.1) is 106 Å². The summed E-state index contributed by atoms with van der Waals surface area (Å²) in [5.74, 6) is 0. The van der Waals surface area contributed by atoms with Crippen LogP contribution in [0.2, 0.25) is 0 Å². The maximum atomic E-state index is 5.46. The molecule has 0 heterocycles. The third-order valence-corrected chi connectivity index (χ3v) is 3.93. The molecule has 0 amide bonds. The van der Waals surface area contributed by atoms with Crippen molar-refractivity contribution in [3.8, 4) is 0 Å². The van der Waals surface area contributed by atoms with Crippen molar-refractivity contribution < 1.29 is 42.6 Å². The first-order chi connectivity index (χ1) is 15.4. The fourth-order valence-electron chi connectivity index (χ4n) is 2.24. The molecule has 0 aliphatic rings. The van der Waals surface area contributed by atoms with Gasteiger partial charge in [0.1, 0.15) is 0 Å². The van der Waals surface area contributed by atoms with E-state index in [4.69, 9.17) is 42.6 Å². The average molecular weight is 455 g/mol. The molecule has 9 heteroatoms. The van der Waals surface area contributed by atoms with E-state index in [9.17, 15) is 0 Å². The van der Waals surface area contributed by atoms with E-state index in [-0.39, 0.29) is 0 Å². The Kier molecular flexibility index (Phi) is 29.3. The standard InChI is InChI=1S/C22H46O9/c1-3-4-5-6-24-9-10-26-13-14-28-17-18-30-21-22-31-20-19-29-16-15-27-12-11-25-8-7-23-2/h3-22H2,1-2H3. The van der Waals surface area contributed by atoms with E-state index < -0.39 is 0 Å². The van der Waals surface area contributed by atoms with Crippen LogP contribution in [0, 0.1) is 0 Å². The predicted molar refractivity (Wildman–Crippen MR) is 118 cm³/mol. The lowest BCUT2D eigenvalue weighted by molar-refractivity contribution is -0.0243. The van der Waals surface area contributed by atoms with Crippen LogP contribution in [0.15, 0.2) is 0 Å². The smallest absolute Gasteiger partial charge is 0.0701 e. The molecule has 9 nitrogen and oxygen atoms in total. The Bertz CT molecular complexity index is 281. The van der Waals surface area contributed by atoms with Gasteiger partial charge in [-0.2, -0.15) is 0 Å². The summed E-state index contributed by atoms with van der Waals surface area (Å²) in [6.07, 6.45) is 3.56. The van der Waals surface area contributed by atoms with Gasteiger partial charge >= 0.3 is 0 Å². The summed E-state index contributed by atoms with van der Waals surface area (Å²) in [7, 11) is 1.65. The highest BCUT2D eigenvalue weighted by atomic mass is 16.6. The van der Waals surface area contributed by atoms with E-state index in [1.807, 2.05) is 0 Å². The van der Waals surface area contributed by atoms with E-state index in [0.717, 1.165) is 13.0 Å². The molecule has 0 saturated heterocycles. The second kappa shape index (κ2) is 29.6. The van der Waals surface area contributed by atoms with Crippen molar-refractivity contribution in [1.29, 1.82) is 0 Å². The van der Waals surface area contributed by atoms with E-state index in [1.165, 1.54) is 12.8 Å². The molecule has 0 aromatic heterocycles. The summed E-state index contributed by atoms with van der Waals surface area (Å²) < 4.78 is 48.2. The molecule has 0 rings (SSSR count). The van der Waals surface area contributed by atoms with Crippen molar-refractivity contribution in [2.75, 3.05) is 119 Å². The molecular formula is C22H46O9. The van der Waals surface area contributed by atoms with Crippen molar-refractivity contribution >= 4 is 0 Å². The van der Waals surface area contributed by atoms with Gasteiger partial charge in [0, 0.05) is 13.7 Å². The molecular weight excluding hydrogens is 408 g/mol. The maximum absolute atomic E-state index is 5.46. The van der Waals surface area contributed by atoms with Crippen LogP contribution in [0.1, 0.15) is 26.2 Å². The molecule has 0 radical (unpaired) electrons. The first kappa shape index (κ1) is 30.6. The number of hydrogen-bond acceptors (Lipinski definition) is 9. The Morgan fingerprint density at radius 2 is 0.581 bits per heavy atom. The Hall–Kier alpha value is -0.360. The fourth-order valence-corrected chi connectivity index (χ4v) is 2.24. The van der Waals surface area contributed by atoms with Crippen LogP contribution in [0.5, 0.6) is 0 Å². The van der Waals surface area contributed by atoms with Crippen LogP contribution < -0.4 is 0 Å². The van der Waals surface area contributed by atoms with E-state index in [2.05, 4.69) is 6.92 Å². The molecule has 0 atom stereocenters. The van der Waals surface area contributed by atoms with Gasteiger partial charge in [0.25, 0.3) is 0 Å². The molecule has 0 aromatic carbocycles. The molecule has 0 aromatic rings. The minimum absolute atomic E-state index is 0.541. The van der Waals surface area contributed by atoms with Gasteiger partial charge in [-0.3, -0.25) is 0 Å². The zero-order valence-corrected chi connectivity index (χ0v) is 19.8. The van der Waals surface area contributed by atoms with Crippen LogP contribution in [0.4, 0.5) is 0 Å². The van der Waals surface area contributed by atoms with Gasteiger partial charge < -0.3 is 42.6 Å². The van der Waals surface area contributed by atoms with Crippen molar-refractivity contribution in [3.63, 3.8) is 0 Å². The Balaban J connectivity index is 2.98. The highest BCUT2D eigenvalue weighted by molar-refractivity contribution is 4.39. The molecule has 0 bridgehead atoms. The summed E-state index contributed by atoms with van der Waals surface area (Å²) in [6, 6.07) is 0. The van der Waals surface area contributed by atoms with Gasteiger partial charge in [-0.25, -0.2) is 0 Å². The van der Waals surface area contributed by atoms with Gasteiger partial charge in [-0.15, -0.1) is 0 Å². The largest absolute Gasteiger partial charge is 0.382 e. The number of ether oxygens (including phenoxy) is 9. The number of hydrogen-bond donors (Lipinski definition) is 0. The average Bonchev–Trinajstić information content (AvgIpc) is 2.78. The summed E-state index contributed by atoms with van der Waals surface area (Å²) in [5, 5.41) is 0. The summed E-state index contributed by atoms with van der Waals surface area (Å²) in [5.41, 5.74) is 0. The summed E-state index contributed by atoms with van der Waals surface area (Å²) in [4.78, 5) is 0. The normalized spacial score (nSPS) is 11.4. The fraction of sp³-hybridized carbons (Fsp3) is 1.00. The Morgan fingerprint density at radius 3 is 0.839 bits per heavy atom. The van der Waals surface area contributed by atoms with E-state index in [1.54, 1.807) is 7.11 Å². The lowest BCUT2D eigenvalue weighted by atomic mass is 10.3. The van der Waals surface area contributed by atoms with Crippen LogP contribution >= 0.6 is 0 Å². The molecule has 31 heavy (non-hydrogen) atoms. The van der Waals surface area contributed by atoms with Gasteiger partial charge in [0.15, 0.2) is 0 Å². The molecule has 0 unspecified atom stereocenters. The minimum Gasteiger partial charge on any atom is -0.382 e. The lowest BCUT2D eigenvalue weighted by Crippen LogP contribution is -2.15. The number of rotatable bonds is 28. The first-order valence-corrected chi connectivity index (χ1v) is 11.5. The number of unbranched alkanes of at least 4 members (excludes halogenated alkanes) is 2. The molecule has 188 valence electrons. The van der Waals surface area contributed by atoms with Crippen molar-refractivity contribution in [3.05, 3.63) is 0 Å². The maximum Gasteiger partial charge on any atom is 0.0701 e. The topological polar surface area (TPSA) is 83.1 Å². The molecule has 0 aliphatic carbocycles. The third kappa shape index (κ3) is 29.6. The highest BCUT2D eigenvalue weighted by Gasteiger charge is 1.95. The molecule has 0 N–H and O–H groups in total. The quantitative estimate of drug-likeness (QED) is 0.165.